The van der Waals surface area contributed by atoms with Gasteiger partial charge in [-0.15, -0.1) is 0 Å². The van der Waals surface area contributed by atoms with E-state index in [2.05, 4.69) is 97.3 Å². The van der Waals surface area contributed by atoms with E-state index in [1.54, 1.807) is 0 Å². The molecule has 174 valence electrons. The molecule has 0 radical (unpaired) electrons. The maximum absolute atomic E-state index is 5.88. The number of hydrogen-bond donors (Lipinski definition) is 0. The first-order chi connectivity index (χ1) is 17.2. The molecule has 4 rings (SSSR count). The molecule has 4 aromatic rings. The van der Waals surface area contributed by atoms with Crippen molar-refractivity contribution >= 4 is 11.4 Å². The standard InChI is InChI=1S/C33H31NO/c1-4-6-8-12-26(3)35-33-16-11-15-30(25-33)29-19-23-32(24-20-29)34(5-2)31-21-17-28(18-22-31)27-13-9-7-10-14-27/h4,6-25H,3,5H2,1-2H3/b6-4-,12-8-. The summed E-state index contributed by atoms with van der Waals surface area (Å²) in [5, 5.41) is 0. The molecule has 2 nitrogen and oxygen atoms in total. The van der Waals surface area contributed by atoms with Crippen molar-refractivity contribution < 1.29 is 4.74 Å². The number of benzene rings is 4. The summed E-state index contributed by atoms with van der Waals surface area (Å²) in [6.45, 7) is 9.01. The number of nitrogens with zero attached hydrogens (tertiary/aromatic N) is 1. The van der Waals surface area contributed by atoms with Crippen molar-refractivity contribution in [3.05, 3.63) is 140 Å². The Labute approximate surface area is 209 Å². The van der Waals surface area contributed by atoms with Gasteiger partial charge in [0.15, 0.2) is 0 Å². The topological polar surface area (TPSA) is 12.5 Å². The summed E-state index contributed by atoms with van der Waals surface area (Å²) in [7, 11) is 0. The Kier molecular flexibility index (Phi) is 7.98. The smallest absolute Gasteiger partial charge is 0.128 e. The normalized spacial score (nSPS) is 11.1. The van der Waals surface area contributed by atoms with Crippen molar-refractivity contribution in [3.63, 3.8) is 0 Å². The zero-order valence-corrected chi connectivity index (χ0v) is 20.4. The van der Waals surface area contributed by atoms with Crippen molar-refractivity contribution in [2.75, 3.05) is 11.4 Å². The van der Waals surface area contributed by atoms with Crippen LogP contribution in [0.25, 0.3) is 22.3 Å². The van der Waals surface area contributed by atoms with Gasteiger partial charge in [-0.05, 0) is 78.6 Å². The Morgan fingerprint density at radius 1 is 0.714 bits per heavy atom. The van der Waals surface area contributed by atoms with Crippen molar-refractivity contribution in [2.45, 2.75) is 13.8 Å². The minimum absolute atomic E-state index is 0.604. The van der Waals surface area contributed by atoms with E-state index in [0.29, 0.717) is 5.76 Å². The van der Waals surface area contributed by atoms with Crippen LogP contribution in [0, 0.1) is 0 Å². The van der Waals surface area contributed by atoms with E-state index in [4.69, 9.17) is 4.74 Å². The fourth-order valence-electron chi connectivity index (χ4n) is 4.01. The average Bonchev–Trinajstić information content (AvgIpc) is 2.91. The Morgan fingerprint density at radius 2 is 1.29 bits per heavy atom. The van der Waals surface area contributed by atoms with E-state index < -0.39 is 0 Å². The summed E-state index contributed by atoms with van der Waals surface area (Å²) in [6.07, 6.45) is 7.68. The lowest BCUT2D eigenvalue weighted by molar-refractivity contribution is 0.447. The summed E-state index contributed by atoms with van der Waals surface area (Å²) in [5.41, 5.74) is 7.05. The molecule has 35 heavy (non-hydrogen) atoms. The van der Waals surface area contributed by atoms with E-state index in [-0.39, 0.29) is 0 Å². The first-order valence-corrected chi connectivity index (χ1v) is 12.0. The average molecular weight is 458 g/mol. The quantitative estimate of drug-likeness (QED) is 0.183. The van der Waals surface area contributed by atoms with Crippen LogP contribution >= 0.6 is 0 Å². The third kappa shape index (κ3) is 6.18. The fraction of sp³-hybridized carbons (Fsp3) is 0.0909. The molecule has 0 saturated carbocycles. The van der Waals surface area contributed by atoms with E-state index in [1.165, 1.54) is 22.5 Å². The van der Waals surface area contributed by atoms with Crippen LogP contribution in [0.1, 0.15) is 13.8 Å². The Balaban J connectivity index is 1.49. The molecular formula is C33H31NO. The van der Waals surface area contributed by atoms with Gasteiger partial charge in [0, 0.05) is 17.9 Å². The molecule has 0 fully saturated rings. The zero-order valence-electron chi connectivity index (χ0n) is 20.4. The van der Waals surface area contributed by atoms with Crippen molar-refractivity contribution in [1.82, 2.24) is 0 Å². The van der Waals surface area contributed by atoms with Gasteiger partial charge in [-0.1, -0.05) is 91.5 Å². The van der Waals surface area contributed by atoms with Crippen LogP contribution in [-0.2, 0) is 0 Å². The van der Waals surface area contributed by atoms with Crippen LogP contribution < -0.4 is 9.64 Å². The van der Waals surface area contributed by atoms with Crippen LogP contribution in [0.3, 0.4) is 0 Å². The van der Waals surface area contributed by atoms with E-state index in [9.17, 15) is 0 Å². The molecule has 0 N–H and O–H groups in total. The molecule has 0 spiro atoms. The third-order valence-electron chi connectivity index (χ3n) is 5.78. The monoisotopic (exact) mass is 457 g/mol. The highest BCUT2D eigenvalue weighted by atomic mass is 16.5. The number of hydrogen-bond acceptors (Lipinski definition) is 2. The third-order valence-corrected chi connectivity index (χ3v) is 5.78. The second-order valence-electron chi connectivity index (χ2n) is 8.19. The molecule has 0 aliphatic heterocycles. The van der Waals surface area contributed by atoms with Crippen LogP contribution in [0.2, 0.25) is 0 Å². The minimum atomic E-state index is 0.604. The summed E-state index contributed by atoms with van der Waals surface area (Å²) >= 11 is 0. The summed E-state index contributed by atoms with van der Waals surface area (Å²) < 4.78 is 5.88. The first-order valence-electron chi connectivity index (χ1n) is 12.0. The Morgan fingerprint density at radius 3 is 1.89 bits per heavy atom. The van der Waals surface area contributed by atoms with Gasteiger partial charge in [0.1, 0.15) is 11.5 Å². The molecule has 0 amide bonds. The second kappa shape index (κ2) is 11.7. The van der Waals surface area contributed by atoms with E-state index in [0.717, 1.165) is 23.4 Å². The van der Waals surface area contributed by atoms with E-state index >= 15 is 0 Å². The highest BCUT2D eigenvalue weighted by Crippen LogP contribution is 2.31. The SMILES string of the molecule is C=C(/C=C\C=C/C)Oc1cccc(-c2ccc(N(CC)c3ccc(-c4ccccc4)cc3)cc2)c1. The van der Waals surface area contributed by atoms with Crippen molar-refractivity contribution in [1.29, 1.82) is 0 Å². The van der Waals surface area contributed by atoms with Crippen molar-refractivity contribution in [2.24, 2.45) is 0 Å². The lowest BCUT2D eigenvalue weighted by Gasteiger charge is -2.24. The number of ether oxygens (including phenoxy) is 1. The molecule has 0 aliphatic rings. The number of allylic oxidation sites excluding steroid dienone is 4. The molecule has 0 unspecified atom stereocenters. The second-order valence-corrected chi connectivity index (χ2v) is 8.19. The van der Waals surface area contributed by atoms with Gasteiger partial charge in [-0.2, -0.15) is 0 Å². The molecule has 0 bridgehead atoms. The zero-order chi connectivity index (χ0) is 24.5. The summed E-state index contributed by atoms with van der Waals surface area (Å²) in [6, 6.07) is 36.0. The van der Waals surface area contributed by atoms with Crippen LogP contribution in [0.15, 0.2) is 140 Å². The number of rotatable bonds is 9. The predicted octanol–water partition coefficient (Wildman–Crippen LogP) is 9.20. The lowest BCUT2D eigenvalue weighted by atomic mass is 10.0. The Bertz CT molecular complexity index is 1300. The molecule has 0 saturated heterocycles. The van der Waals surface area contributed by atoms with Gasteiger partial charge < -0.3 is 9.64 Å². The molecule has 0 atom stereocenters. The fourth-order valence-corrected chi connectivity index (χ4v) is 4.01. The summed E-state index contributed by atoms with van der Waals surface area (Å²) in [4.78, 5) is 2.32. The summed E-state index contributed by atoms with van der Waals surface area (Å²) in [5.74, 6) is 1.38. The molecule has 2 heteroatoms. The van der Waals surface area contributed by atoms with Gasteiger partial charge in [0.05, 0.1) is 0 Å². The molecule has 4 aromatic carbocycles. The van der Waals surface area contributed by atoms with Gasteiger partial charge in [-0.3, -0.25) is 0 Å². The van der Waals surface area contributed by atoms with Gasteiger partial charge >= 0.3 is 0 Å². The van der Waals surface area contributed by atoms with Crippen LogP contribution in [0.4, 0.5) is 11.4 Å². The van der Waals surface area contributed by atoms with Gasteiger partial charge in [-0.25, -0.2) is 0 Å². The molecule has 0 aromatic heterocycles. The van der Waals surface area contributed by atoms with Gasteiger partial charge in [0.2, 0.25) is 0 Å². The van der Waals surface area contributed by atoms with Crippen LogP contribution in [-0.4, -0.2) is 6.54 Å². The number of anilines is 2. The van der Waals surface area contributed by atoms with Crippen molar-refractivity contribution in [3.8, 4) is 28.0 Å². The minimum Gasteiger partial charge on any atom is -0.458 e. The Hall–Kier alpha value is -4.30. The molecule has 0 heterocycles. The predicted molar refractivity (Wildman–Crippen MR) is 150 cm³/mol. The largest absolute Gasteiger partial charge is 0.458 e. The van der Waals surface area contributed by atoms with Crippen LogP contribution in [0.5, 0.6) is 5.75 Å². The maximum Gasteiger partial charge on any atom is 0.128 e. The van der Waals surface area contributed by atoms with E-state index in [1.807, 2.05) is 55.5 Å². The first kappa shape index (κ1) is 23.8. The highest BCUT2D eigenvalue weighted by molar-refractivity contribution is 5.72. The lowest BCUT2D eigenvalue weighted by Crippen LogP contribution is -2.15. The molecular weight excluding hydrogens is 426 g/mol. The molecule has 0 aliphatic carbocycles. The maximum atomic E-state index is 5.88. The van der Waals surface area contributed by atoms with Gasteiger partial charge in [0.25, 0.3) is 0 Å². The highest BCUT2D eigenvalue weighted by Gasteiger charge is 2.09.